The SMILES string of the molecule is CC1=CC2C(O)(CC(CO)=CC3C4C(C)(C)C4(CC(=O)[O-])CC(C)C32O)C1=O. The summed E-state index contributed by atoms with van der Waals surface area (Å²) in [6, 6.07) is 0. The number of carboxylic acid groups (broad SMARTS) is 1. The molecule has 7 atom stereocenters. The Morgan fingerprint density at radius 1 is 1.29 bits per heavy atom. The quantitative estimate of drug-likeness (QED) is 0.600. The fourth-order valence-electron chi connectivity index (χ4n) is 7.31. The maximum atomic E-state index is 12.8. The lowest BCUT2D eigenvalue weighted by molar-refractivity contribution is -0.308. The van der Waals surface area contributed by atoms with Gasteiger partial charge in [0.1, 0.15) is 5.60 Å². The van der Waals surface area contributed by atoms with Crippen LogP contribution in [0.2, 0.25) is 0 Å². The van der Waals surface area contributed by atoms with Gasteiger partial charge in [-0.2, -0.15) is 0 Å². The van der Waals surface area contributed by atoms with Crippen LogP contribution in [0.3, 0.4) is 0 Å². The molecule has 154 valence electrons. The van der Waals surface area contributed by atoms with E-state index in [9.17, 15) is 30.0 Å². The largest absolute Gasteiger partial charge is 0.550 e. The van der Waals surface area contributed by atoms with Crippen molar-refractivity contribution in [2.75, 3.05) is 6.61 Å². The number of aliphatic carboxylic acids is 1. The first-order chi connectivity index (χ1) is 12.9. The molecule has 3 N–H and O–H groups in total. The lowest BCUT2D eigenvalue weighted by Gasteiger charge is -2.51. The summed E-state index contributed by atoms with van der Waals surface area (Å²) in [5.41, 5.74) is -3.06. The molecule has 2 fully saturated rings. The van der Waals surface area contributed by atoms with Gasteiger partial charge in [-0.15, -0.1) is 0 Å². The molecule has 0 spiro atoms. The molecule has 0 aromatic rings. The Balaban J connectivity index is 1.90. The van der Waals surface area contributed by atoms with Crippen molar-refractivity contribution in [2.45, 2.75) is 58.2 Å². The van der Waals surface area contributed by atoms with Crippen molar-refractivity contribution >= 4 is 11.8 Å². The number of ketones is 1. The Bertz CT molecular complexity index is 825. The van der Waals surface area contributed by atoms with Crippen LogP contribution in [0, 0.1) is 34.5 Å². The third-order valence-corrected chi connectivity index (χ3v) is 8.68. The molecule has 6 nitrogen and oxygen atoms in total. The van der Waals surface area contributed by atoms with E-state index in [1.54, 1.807) is 13.0 Å². The number of aliphatic hydroxyl groups is 3. The van der Waals surface area contributed by atoms with Crippen LogP contribution in [-0.2, 0) is 9.59 Å². The van der Waals surface area contributed by atoms with Gasteiger partial charge in [0, 0.05) is 24.2 Å². The van der Waals surface area contributed by atoms with Gasteiger partial charge in [-0.05, 0) is 53.6 Å². The van der Waals surface area contributed by atoms with Crippen LogP contribution in [0.5, 0.6) is 0 Å². The molecule has 6 heteroatoms. The van der Waals surface area contributed by atoms with Crippen molar-refractivity contribution in [3.63, 3.8) is 0 Å². The Hall–Kier alpha value is -1.50. The summed E-state index contributed by atoms with van der Waals surface area (Å²) in [4.78, 5) is 24.3. The van der Waals surface area contributed by atoms with E-state index in [4.69, 9.17) is 0 Å². The van der Waals surface area contributed by atoms with E-state index in [0.29, 0.717) is 17.6 Å². The van der Waals surface area contributed by atoms with Gasteiger partial charge in [0.05, 0.1) is 12.2 Å². The highest BCUT2D eigenvalue weighted by molar-refractivity contribution is 6.04. The van der Waals surface area contributed by atoms with Crippen LogP contribution in [0.15, 0.2) is 23.3 Å². The zero-order valence-electron chi connectivity index (χ0n) is 16.9. The van der Waals surface area contributed by atoms with Crippen molar-refractivity contribution < 1.29 is 30.0 Å². The predicted octanol–water partition coefficient (Wildman–Crippen LogP) is 0.355. The Morgan fingerprint density at radius 2 is 1.93 bits per heavy atom. The second-order valence-electron chi connectivity index (χ2n) is 10.2. The summed E-state index contributed by atoms with van der Waals surface area (Å²) in [5.74, 6) is -3.22. The van der Waals surface area contributed by atoms with Crippen molar-refractivity contribution in [1.29, 1.82) is 0 Å². The van der Waals surface area contributed by atoms with Crippen LogP contribution >= 0.6 is 0 Å². The predicted molar refractivity (Wildman–Crippen MR) is 98.5 cm³/mol. The molecule has 7 unspecified atom stereocenters. The number of rotatable bonds is 3. The van der Waals surface area contributed by atoms with Crippen molar-refractivity contribution in [3.05, 3.63) is 23.3 Å². The summed E-state index contributed by atoms with van der Waals surface area (Å²) in [7, 11) is 0. The first-order valence-electron chi connectivity index (χ1n) is 10.0. The van der Waals surface area contributed by atoms with Gasteiger partial charge in [-0.3, -0.25) is 4.79 Å². The topological polar surface area (TPSA) is 118 Å². The number of Topliss-reactive ketones (excluding diaryl/α,β-unsaturated/α-hetero) is 1. The second kappa shape index (κ2) is 5.55. The molecule has 4 aliphatic rings. The Labute approximate surface area is 165 Å². The minimum atomic E-state index is -1.77. The van der Waals surface area contributed by atoms with Gasteiger partial charge >= 0.3 is 0 Å². The normalized spacial score (nSPS) is 48.6. The average Bonchev–Trinajstić information content (AvgIpc) is 2.99. The molecule has 0 aromatic heterocycles. The average molecular weight is 389 g/mol. The molecule has 4 rings (SSSR count). The molecule has 4 aliphatic carbocycles. The first-order valence-corrected chi connectivity index (χ1v) is 10.0. The fraction of sp³-hybridized carbons (Fsp3) is 0.727. The van der Waals surface area contributed by atoms with Gasteiger partial charge in [-0.25, -0.2) is 0 Å². The molecule has 0 aromatic carbocycles. The highest BCUT2D eigenvalue weighted by atomic mass is 16.4. The summed E-state index contributed by atoms with van der Waals surface area (Å²) in [5, 5.41) is 44.8. The molecule has 0 saturated heterocycles. The molecule has 0 aliphatic heterocycles. The summed E-state index contributed by atoms with van der Waals surface area (Å²) >= 11 is 0. The van der Waals surface area contributed by atoms with Crippen LogP contribution in [0.25, 0.3) is 0 Å². The van der Waals surface area contributed by atoms with Gasteiger partial charge < -0.3 is 25.2 Å². The van der Waals surface area contributed by atoms with Crippen molar-refractivity contribution in [1.82, 2.24) is 0 Å². The van der Waals surface area contributed by atoms with E-state index in [2.05, 4.69) is 0 Å². The van der Waals surface area contributed by atoms with Gasteiger partial charge in [0.25, 0.3) is 0 Å². The number of aliphatic hydroxyl groups excluding tert-OH is 1. The molecule has 28 heavy (non-hydrogen) atoms. The van der Waals surface area contributed by atoms with E-state index in [-0.39, 0.29) is 36.7 Å². The zero-order chi connectivity index (χ0) is 20.9. The molecular weight excluding hydrogens is 360 g/mol. The van der Waals surface area contributed by atoms with Crippen LogP contribution in [0.1, 0.15) is 47.0 Å². The molecule has 0 amide bonds. The molecule has 0 heterocycles. The van der Waals surface area contributed by atoms with Crippen LogP contribution in [0.4, 0.5) is 0 Å². The van der Waals surface area contributed by atoms with E-state index in [1.165, 1.54) is 0 Å². The van der Waals surface area contributed by atoms with Gasteiger partial charge in [0.15, 0.2) is 5.78 Å². The van der Waals surface area contributed by atoms with E-state index in [0.717, 1.165) is 0 Å². The Kier molecular flexibility index (Phi) is 3.93. The first kappa shape index (κ1) is 19.8. The molecule has 0 radical (unpaired) electrons. The lowest BCUT2D eigenvalue weighted by atomic mass is 9.58. The van der Waals surface area contributed by atoms with Gasteiger partial charge in [0.2, 0.25) is 0 Å². The lowest BCUT2D eigenvalue weighted by Crippen LogP contribution is -2.60. The highest BCUT2D eigenvalue weighted by Crippen LogP contribution is 2.81. The maximum Gasteiger partial charge on any atom is 0.190 e. The van der Waals surface area contributed by atoms with E-state index < -0.39 is 40.2 Å². The third kappa shape index (κ3) is 2.09. The summed E-state index contributed by atoms with van der Waals surface area (Å²) < 4.78 is 0. The number of hydrogen-bond acceptors (Lipinski definition) is 6. The van der Waals surface area contributed by atoms with Crippen LogP contribution in [-0.4, -0.2) is 44.9 Å². The monoisotopic (exact) mass is 389 g/mol. The number of carboxylic acids is 1. The summed E-state index contributed by atoms with van der Waals surface area (Å²) in [6.45, 7) is 7.24. The second-order valence-corrected chi connectivity index (χ2v) is 10.2. The zero-order valence-corrected chi connectivity index (χ0v) is 16.9. The van der Waals surface area contributed by atoms with Crippen molar-refractivity contribution in [2.24, 2.45) is 34.5 Å². The Morgan fingerprint density at radius 3 is 2.50 bits per heavy atom. The van der Waals surface area contributed by atoms with Crippen molar-refractivity contribution in [3.8, 4) is 0 Å². The highest BCUT2D eigenvalue weighted by Gasteiger charge is 2.80. The van der Waals surface area contributed by atoms with Gasteiger partial charge in [-0.1, -0.05) is 32.9 Å². The number of fused-ring (bicyclic) bond motifs is 5. The standard InChI is InChI=1S/C22H30O6/c1-11-5-15-21(27,18(11)26)8-13(10-23)6-14-17-19(3,4)20(17,9-16(24)25)7-12(2)22(14,15)28/h5-6,12,14-15,17,23,27-28H,7-10H2,1-4H3,(H,24,25)/p-1. The van der Waals surface area contributed by atoms with Crippen LogP contribution < -0.4 is 5.11 Å². The smallest absolute Gasteiger partial charge is 0.190 e. The third-order valence-electron chi connectivity index (χ3n) is 8.68. The van der Waals surface area contributed by atoms with E-state index >= 15 is 0 Å². The number of hydrogen-bond donors (Lipinski definition) is 3. The molecular formula is C22H29O6-. The number of carbonyl (C=O) groups excluding carboxylic acids is 2. The fourth-order valence-corrected chi connectivity index (χ4v) is 7.31. The minimum Gasteiger partial charge on any atom is -0.550 e. The van der Waals surface area contributed by atoms with E-state index in [1.807, 2.05) is 26.8 Å². The molecule has 2 saturated carbocycles. The minimum absolute atomic E-state index is 0.0208. The molecule has 0 bridgehead atoms. The number of carbonyl (C=O) groups is 2. The summed E-state index contributed by atoms with van der Waals surface area (Å²) in [6.07, 6.45) is 3.88. The maximum absolute atomic E-state index is 12.8.